The molecule has 0 unspecified atom stereocenters. The molecule has 1 heterocycles. The van der Waals surface area contributed by atoms with Crippen molar-refractivity contribution >= 4 is 28.2 Å². The summed E-state index contributed by atoms with van der Waals surface area (Å²) < 4.78 is 0. The van der Waals surface area contributed by atoms with Crippen LogP contribution >= 0.6 is 11.6 Å². The fourth-order valence-corrected chi connectivity index (χ4v) is 2.47. The highest BCUT2D eigenvalue weighted by Crippen LogP contribution is 2.31. The number of benzene rings is 1. The normalized spacial score (nSPS) is 16.8. The fraction of sp³-hybridized carbons (Fsp3) is 0.235. The summed E-state index contributed by atoms with van der Waals surface area (Å²) >= 11 is 6.40. The van der Waals surface area contributed by atoms with Crippen LogP contribution in [-0.4, -0.2) is 9.97 Å². The van der Waals surface area contributed by atoms with Gasteiger partial charge in [-0.25, -0.2) is 4.98 Å². The molecule has 0 bridgehead atoms. The predicted molar refractivity (Wildman–Crippen MR) is 85.8 cm³/mol. The van der Waals surface area contributed by atoms with Crippen LogP contribution in [0.5, 0.6) is 0 Å². The van der Waals surface area contributed by atoms with Gasteiger partial charge in [-0.3, -0.25) is 0 Å². The molecule has 1 aliphatic carbocycles. The third kappa shape index (κ3) is 2.86. The summed E-state index contributed by atoms with van der Waals surface area (Å²) in [6.45, 7) is 2.01. The number of nitrogens with one attached hydrogen (secondary N) is 1. The highest BCUT2D eigenvalue weighted by molar-refractivity contribution is 6.33. The van der Waals surface area contributed by atoms with Gasteiger partial charge in [0.1, 0.15) is 0 Å². The second-order valence-electron chi connectivity index (χ2n) is 5.10. The number of hydrogen-bond acceptors (Lipinski definition) is 1. The van der Waals surface area contributed by atoms with E-state index in [-0.39, 0.29) is 0 Å². The lowest BCUT2D eigenvalue weighted by Crippen LogP contribution is -1.84. The largest absolute Gasteiger partial charge is 0.345 e. The molecule has 1 aliphatic rings. The first-order valence-corrected chi connectivity index (χ1v) is 7.30. The van der Waals surface area contributed by atoms with Crippen LogP contribution in [0.1, 0.15) is 25.3 Å². The molecule has 1 aromatic heterocycles. The Bertz CT molecular complexity index is 703. The van der Waals surface area contributed by atoms with Crippen molar-refractivity contribution in [2.75, 3.05) is 0 Å². The molecule has 0 spiro atoms. The Morgan fingerprint density at radius 1 is 1.40 bits per heavy atom. The van der Waals surface area contributed by atoms with E-state index >= 15 is 0 Å². The van der Waals surface area contributed by atoms with E-state index in [1.165, 1.54) is 12.8 Å². The lowest BCUT2D eigenvalue weighted by atomic mass is 10.0. The third-order valence-electron chi connectivity index (χ3n) is 3.45. The number of allylic oxidation sites excluding steroid dienone is 6. The average Bonchev–Trinajstić information content (AvgIpc) is 3.14. The van der Waals surface area contributed by atoms with Crippen LogP contribution in [0, 0.1) is 5.92 Å². The van der Waals surface area contributed by atoms with E-state index in [0.717, 1.165) is 33.1 Å². The third-order valence-corrected chi connectivity index (χ3v) is 3.76. The van der Waals surface area contributed by atoms with Gasteiger partial charge < -0.3 is 4.98 Å². The molecule has 3 rings (SSSR count). The van der Waals surface area contributed by atoms with Crippen molar-refractivity contribution < 1.29 is 0 Å². The lowest BCUT2D eigenvalue weighted by molar-refractivity contribution is 1.12. The molecule has 1 saturated carbocycles. The van der Waals surface area contributed by atoms with Gasteiger partial charge in [0, 0.05) is 5.56 Å². The van der Waals surface area contributed by atoms with Crippen molar-refractivity contribution in [3.05, 3.63) is 59.4 Å². The molecule has 20 heavy (non-hydrogen) atoms. The summed E-state index contributed by atoms with van der Waals surface area (Å²) in [7, 11) is 0. The molecule has 0 aliphatic heterocycles. The number of imidazole rings is 1. The molecule has 0 amide bonds. The number of aromatic amines is 1. The zero-order chi connectivity index (χ0) is 13.9. The lowest BCUT2D eigenvalue weighted by Gasteiger charge is -2.05. The van der Waals surface area contributed by atoms with Crippen LogP contribution in [0.4, 0.5) is 0 Å². The van der Waals surface area contributed by atoms with Crippen LogP contribution in [0.3, 0.4) is 0 Å². The molecule has 1 aromatic carbocycles. The topological polar surface area (TPSA) is 28.7 Å². The van der Waals surface area contributed by atoms with Crippen molar-refractivity contribution in [2.24, 2.45) is 5.92 Å². The molecule has 0 atom stereocenters. The first-order chi connectivity index (χ1) is 9.78. The minimum absolute atomic E-state index is 0.742. The number of nitrogens with zero attached hydrogens (tertiary/aromatic N) is 1. The zero-order valence-corrected chi connectivity index (χ0v) is 12.2. The summed E-state index contributed by atoms with van der Waals surface area (Å²) in [6.07, 6.45) is 15.0. The molecule has 2 nitrogen and oxygen atoms in total. The van der Waals surface area contributed by atoms with Gasteiger partial charge in [-0.15, -0.1) is 0 Å². The first kappa shape index (κ1) is 13.2. The number of aromatic nitrogens is 2. The molecule has 0 radical (unpaired) electrons. The molecule has 0 saturated heterocycles. The molecular formula is C17H17ClN2. The maximum atomic E-state index is 6.40. The molecule has 2 aromatic rings. The van der Waals surface area contributed by atoms with Crippen molar-refractivity contribution in [3.63, 3.8) is 0 Å². The minimum atomic E-state index is 0.742. The molecule has 102 valence electrons. The molecule has 3 heteroatoms. The van der Waals surface area contributed by atoms with Crippen LogP contribution in [0.15, 0.2) is 48.8 Å². The summed E-state index contributed by atoms with van der Waals surface area (Å²) in [5, 5.41) is 0.742. The number of hydrogen-bond donors (Lipinski definition) is 1. The van der Waals surface area contributed by atoms with Gasteiger partial charge in [-0.05, 0) is 43.4 Å². The SMILES string of the molecule is C\C=C/C(=C\C=C\C1CC1)c1cc2nc[nH]c2cc1Cl. The summed E-state index contributed by atoms with van der Waals surface area (Å²) in [4.78, 5) is 7.38. The van der Waals surface area contributed by atoms with E-state index in [1.54, 1.807) is 6.33 Å². The van der Waals surface area contributed by atoms with Gasteiger partial charge in [-0.2, -0.15) is 0 Å². The van der Waals surface area contributed by atoms with Gasteiger partial charge in [0.2, 0.25) is 0 Å². The Morgan fingerprint density at radius 2 is 2.25 bits per heavy atom. The first-order valence-electron chi connectivity index (χ1n) is 6.92. The Balaban J connectivity index is 2.00. The maximum absolute atomic E-state index is 6.40. The highest BCUT2D eigenvalue weighted by Gasteiger charge is 2.16. The number of fused-ring (bicyclic) bond motifs is 1. The van der Waals surface area contributed by atoms with Gasteiger partial charge in [0.25, 0.3) is 0 Å². The second-order valence-corrected chi connectivity index (χ2v) is 5.50. The molecule has 1 fully saturated rings. The Kier molecular flexibility index (Phi) is 3.75. The summed E-state index contributed by atoms with van der Waals surface area (Å²) in [5.41, 5.74) is 4.03. The Hall–Kier alpha value is -1.80. The predicted octanol–water partition coefficient (Wildman–Crippen LogP) is 5.14. The highest BCUT2D eigenvalue weighted by atomic mass is 35.5. The monoisotopic (exact) mass is 284 g/mol. The van der Waals surface area contributed by atoms with E-state index in [1.807, 2.05) is 25.1 Å². The number of rotatable bonds is 4. The summed E-state index contributed by atoms with van der Waals surface area (Å²) in [5.74, 6) is 0.780. The zero-order valence-electron chi connectivity index (χ0n) is 11.4. The van der Waals surface area contributed by atoms with Crippen LogP contribution in [0.2, 0.25) is 5.02 Å². The van der Waals surface area contributed by atoms with Crippen LogP contribution < -0.4 is 0 Å². The molecule has 1 N–H and O–H groups in total. The smallest absolute Gasteiger partial charge is 0.0931 e. The Labute approximate surface area is 123 Å². The van der Waals surface area contributed by atoms with E-state index in [2.05, 4.69) is 34.3 Å². The van der Waals surface area contributed by atoms with Gasteiger partial charge in [0.15, 0.2) is 0 Å². The number of H-pyrrole nitrogens is 1. The number of halogens is 1. The van der Waals surface area contributed by atoms with Crippen molar-refractivity contribution in [1.82, 2.24) is 9.97 Å². The van der Waals surface area contributed by atoms with E-state index < -0.39 is 0 Å². The standard InChI is InChI=1S/C17H17ClN2/c1-2-4-13(6-3-5-12-7-8-12)14-9-16-17(10-15(14)18)20-11-19-16/h2-6,9-12H,7-8H2,1H3,(H,19,20)/b4-2-,5-3+,13-6+. The van der Waals surface area contributed by atoms with E-state index in [4.69, 9.17) is 11.6 Å². The summed E-state index contributed by atoms with van der Waals surface area (Å²) in [6, 6.07) is 3.96. The quantitative estimate of drug-likeness (QED) is 0.774. The minimum Gasteiger partial charge on any atom is -0.345 e. The molecular weight excluding hydrogens is 268 g/mol. The fourth-order valence-electron chi connectivity index (χ4n) is 2.20. The van der Waals surface area contributed by atoms with E-state index in [0.29, 0.717) is 0 Å². The van der Waals surface area contributed by atoms with Gasteiger partial charge >= 0.3 is 0 Å². The van der Waals surface area contributed by atoms with Crippen LogP contribution in [0.25, 0.3) is 16.6 Å². The van der Waals surface area contributed by atoms with Crippen molar-refractivity contribution in [2.45, 2.75) is 19.8 Å². The second kappa shape index (κ2) is 5.68. The van der Waals surface area contributed by atoms with Crippen LogP contribution in [-0.2, 0) is 0 Å². The Morgan fingerprint density at radius 3 is 3.00 bits per heavy atom. The van der Waals surface area contributed by atoms with E-state index in [9.17, 15) is 0 Å². The van der Waals surface area contributed by atoms with Crippen molar-refractivity contribution in [3.8, 4) is 0 Å². The maximum Gasteiger partial charge on any atom is 0.0931 e. The van der Waals surface area contributed by atoms with Gasteiger partial charge in [0.05, 0.1) is 22.4 Å². The van der Waals surface area contributed by atoms with Crippen molar-refractivity contribution in [1.29, 1.82) is 0 Å². The average molecular weight is 285 g/mol. The van der Waals surface area contributed by atoms with Gasteiger partial charge in [-0.1, -0.05) is 42.0 Å².